The van der Waals surface area contributed by atoms with Crippen LogP contribution in [0.3, 0.4) is 0 Å². The first-order valence-corrected chi connectivity index (χ1v) is 7.45. The monoisotopic (exact) mass is 388 g/mol. The number of carbonyl (C=O) groups is 1. The molecule has 24 heavy (non-hydrogen) atoms. The Kier molecular flexibility index (Phi) is 4.09. The van der Waals surface area contributed by atoms with Crippen LogP contribution < -0.4 is 5.32 Å². The third-order valence-electron chi connectivity index (χ3n) is 3.29. The van der Waals surface area contributed by atoms with Gasteiger partial charge in [-0.2, -0.15) is 5.10 Å². The van der Waals surface area contributed by atoms with Crippen molar-refractivity contribution >= 4 is 45.1 Å². The van der Waals surface area contributed by atoms with Crippen LogP contribution in [0.5, 0.6) is 5.75 Å². The molecule has 8 nitrogen and oxygen atoms in total. The Morgan fingerprint density at radius 2 is 2.04 bits per heavy atom. The first-order chi connectivity index (χ1) is 11.5. The molecule has 3 rings (SSSR count). The summed E-state index contributed by atoms with van der Waals surface area (Å²) in [6.07, 6.45) is 1.15. The van der Waals surface area contributed by atoms with E-state index in [4.69, 9.17) is 0 Å². The number of rotatable bonds is 3. The van der Waals surface area contributed by atoms with Crippen molar-refractivity contribution in [3.8, 4) is 5.75 Å². The van der Waals surface area contributed by atoms with Gasteiger partial charge in [0.2, 0.25) is 0 Å². The summed E-state index contributed by atoms with van der Waals surface area (Å²) in [6.45, 7) is 0. The van der Waals surface area contributed by atoms with E-state index in [1.54, 1.807) is 24.3 Å². The highest BCUT2D eigenvalue weighted by Crippen LogP contribution is 2.31. The molecular formula is C15H9BrN4O4. The number of nitrogens with zero attached hydrogens (tertiary/aromatic N) is 3. The molecule has 0 radical (unpaired) electrons. The normalized spacial score (nSPS) is 14.9. The minimum atomic E-state index is -0.589. The van der Waals surface area contributed by atoms with Crippen LogP contribution in [0.15, 0.2) is 51.1 Å². The molecule has 1 aliphatic rings. The van der Waals surface area contributed by atoms with Gasteiger partial charge in [0.25, 0.3) is 11.6 Å². The van der Waals surface area contributed by atoms with Crippen LogP contribution in [0.25, 0.3) is 0 Å². The SMILES string of the molecule is O=C1Nc2ccccc2C1=NN=Cc1cc([N+](=O)[O-])cc(Br)c1O. The average Bonchev–Trinajstić information content (AvgIpc) is 2.87. The smallest absolute Gasteiger partial charge is 0.276 e. The lowest BCUT2D eigenvalue weighted by Crippen LogP contribution is -2.13. The van der Waals surface area contributed by atoms with Gasteiger partial charge < -0.3 is 10.4 Å². The molecule has 0 aliphatic carbocycles. The lowest BCUT2D eigenvalue weighted by atomic mass is 10.1. The molecule has 120 valence electrons. The van der Waals surface area contributed by atoms with E-state index in [-0.39, 0.29) is 27.2 Å². The maximum absolute atomic E-state index is 11.9. The largest absolute Gasteiger partial charge is 0.506 e. The third-order valence-corrected chi connectivity index (χ3v) is 3.89. The van der Waals surface area contributed by atoms with E-state index in [1.165, 1.54) is 6.07 Å². The minimum absolute atomic E-state index is 0.104. The number of nitrogens with one attached hydrogen (secondary N) is 1. The number of fused-ring (bicyclic) bond motifs is 1. The van der Waals surface area contributed by atoms with Crippen molar-refractivity contribution in [2.45, 2.75) is 0 Å². The maximum atomic E-state index is 11.9. The van der Waals surface area contributed by atoms with Crippen LogP contribution in [0.4, 0.5) is 11.4 Å². The first kappa shape index (κ1) is 15.8. The fourth-order valence-corrected chi connectivity index (χ4v) is 2.62. The number of hydrogen-bond donors (Lipinski definition) is 2. The van der Waals surface area contributed by atoms with Crippen molar-refractivity contribution in [1.82, 2.24) is 0 Å². The van der Waals surface area contributed by atoms with Crippen molar-refractivity contribution in [2.75, 3.05) is 5.32 Å². The zero-order valence-corrected chi connectivity index (χ0v) is 13.5. The van der Waals surface area contributed by atoms with Gasteiger partial charge in [-0.1, -0.05) is 18.2 Å². The Morgan fingerprint density at radius 1 is 1.29 bits per heavy atom. The molecule has 0 aromatic heterocycles. The molecule has 0 unspecified atom stereocenters. The lowest BCUT2D eigenvalue weighted by Gasteiger charge is -2.01. The highest BCUT2D eigenvalue weighted by Gasteiger charge is 2.25. The van der Waals surface area contributed by atoms with Crippen molar-refractivity contribution < 1.29 is 14.8 Å². The fourth-order valence-electron chi connectivity index (χ4n) is 2.16. The topological polar surface area (TPSA) is 117 Å². The number of nitro benzene ring substituents is 1. The molecule has 2 aromatic rings. The molecule has 9 heteroatoms. The zero-order chi connectivity index (χ0) is 17.3. The van der Waals surface area contributed by atoms with Gasteiger partial charge in [0.15, 0.2) is 5.71 Å². The Balaban J connectivity index is 1.95. The van der Waals surface area contributed by atoms with Crippen molar-refractivity contribution in [3.63, 3.8) is 0 Å². The van der Waals surface area contributed by atoms with Gasteiger partial charge in [0.1, 0.15) is 5.75 Å². The van der Waals surface area contributed by atoms with E-state index in [9.17, 15) is 20.0 Å². The van der Waals surface area contributed by atoms with Crippen LogP contribution >= 0.6 is 15.9 Å². The predicted molar refractivity (Wildman–Crippen MR) is 91.7 cm³/mol. The number of anilines is 1. The van der Waals surface area contributed by atoms with E-state index in [0.717, 1.165) is 12.3 Å². The van der Waals surface area contributed by atoms with Crippen LogP contribution in [0.2, 0.25) is 0 Å². The van der Waals surface area contributed by atoms with Crippen LogP contribution in [-0.4, -0.2) is 27.9 Å². The number of hydrogen-bond acceptors (Lipinski definition) is 6. The molecule has 2 N–H and O–H groups in total. The molecule has 2 aromatic carbocycles. The Morgan fingerprint density at radius 3 is 2.79 bits per heavy atom. The summed E-state index contributed by atoms with van der Waals surface area (Å²) in [4.78, 5) is 22.1. The number of aromatic hydroxyl groups is 1. The summed E-state index contributed by atoms with van der Waals surface area (Å²) in [5.41, 5.74) is 1.28. The summed E-state index contributed by atoms with van der Waals surface area (Å²) in [5.74, 6) is -0.599. The standard InChI is InChI=1S/C15H9BrN4O4/c16-11-6-9(20(23)24)5-8(14(11)21)7-17-19-13-10-3-1-2-4-12(10)18-15(13)22/h1-7,21H,(H,18,19,22). The molecule has 0 fully saturated rings. The number of phenols is 1. The molecule has 0 bridgehead atoms. The fraction of sp³-hybridized carbons (Fsp3) is 0. The highest BCUT2D eigenvalue weighted by atomic mass is 79.9. The summed E-state index contributed by atoms with van der Waals surface area (Å²) in [6, 6.07) is 9.35. The number of nitro groups is 1. The van der Waals surface area contributed by atoms with E-state index >= 15 is 0 Å². The van der Waals surface area contributed by atoms with Gasteiger partial charge in [-0.15, -0.1) is 5.10 Å². The van der Waals surface area contributed by atoms with Gasteiger partial charge in [-0.25, -0.2) is 0 Å². The molecule has 1 heterocycles. The summed E-state index contributed by atoms with van der Waals surface area (Å²) in [5, 5.41) is 31.1. The van der Waals surface area contributed by atoms with E-state index in [1.807, 2.05) is 0 Å². The third kappa shape index (κ3) is 2.88. The van der Waals surface area contributed by atoms with Gasteiger partial charge in [-0.05, 0) is 22.0 Å². The Hall–Kier alpha value is -3.07. The van der Waals surface area contributed by atoms with Crippen molar-refractivity contribution in [3.05, 3.63) is 62.1 Å². The van der Waals surface area contributed by atoms with Crippen molar-refractivity contribution in [1.29, 1.82) is 0 Å². The summed E-state index contributed by atoms with van der Waals surface area (Å²) >= 11 is 3.04. The highest BCUT2D eigenvalue weighted by molar-refractivity contribution is 9.10. The quantitative estimate of drug-likeness (QED) is 0.477. The van der Waals surface area contributed by atoms with E-state index in [2.05, 4.69) is 31.4 Å². The molecule has 1 amide bonds. The number of para-hydroxylation sites is 1. The Labute approximate surface area is 143 Å². The zero-order valence-electron chi connectivity index (χ0n) is 11.9. The van der Waals surface area contributed by atoms with Crippen LogP contribution in [0.1, 0.15) is 11.1 Å². The number of amides is 1. The van der Waals surface area contributed by atoms with Crippen LogP contribution in [0, 0.1) is 10.1 Å². The summed E-state index contributed by atoms with van der Waals surface area (Å²) in [7, 11) is 0. The number of phenolic OH excluding ortho intramolecular Hbond substituents is 1. The number of halogens is 1. The average molecular weight is 389 g/mol. The van der Waals surface area contributed by atoms with Gasteiger partial charge >= 0.3 is 0 Å². The maximum Gasteiger partial charge on any atom is 0.276 e. The van der Waals surface area contributed by atoms with E-state index < -0.39 is 10.8 Å². The van der Waals surface area contributed by atoms with Crippen LogP contribution in [-0.2, 0) is 4.79 Å². The van der Waals surface area contributed by atoms with Gasteiger partial charge in [0.05, 0.1) is 21.3 Å². The molecule has 1 aliphatic heterocycles. The second-order valence-corrected chi connectivity index (χ2v) is 5.67. The molecule has 0 spiro atoms. The number of benzene rings is 2. The number of carbonyl (C=O) groups excluding carboxylic acids is 1. The molecular weight excluding hydrogens is 380 g/mol. The Bertz CT molecular complexity index is 924. The molecule has 0 atom stereocenters. The van der Waals surface area contributed by atoms with Gasteiger partial charge in [0, 0.05) is 23.3 Å². The van der Waals surface area contributed by atoms with Gasteiger partial charge in [-0.3, -0.25) is 14.9 Å². The van der Waals surface area contributed by atoms with E-state index in [0.29, 0.717) is 11.3 Å². The summed E-state index contributed by atoms with van der Waals surface area (Å²) < 4.78 is 0.162. The lowest BCUT2D eigenvalue weighted by molar-refractivity contribution is -0.385. The second kappa shape index (κ2) is 6.20. The second-order valence-electron chi connectivity index (χ2n) is 4.82. The molecule has 0 saturated carbocycles. The molecule has 0 saturated heterocycles. The predicted octanol–water partition coefficient (Wildman–Crippen LogP) is 2.84. The van der Waals surface area contributed by atoms with Crippen molar-refractivity contribution in [2.24, 2.45) is 10.2 Å². The number of non-ortho nitro benzene ring substituents is 1. The first-order valence-electron chi connectivity index (χ1n) is 6.66. The minimum Gasteiger partial charge on any atom is -0.506 e.